The molecule has 0 unspecified atom stereocenters. The van der Waals surface area contributed by atoms with Crippen LogP contribution in [0, 0.1) is 13.8 Å². The molecule has 2 N–H and O–H groups in total. The van der Waals surface area contributed by atoms with Crippen LogP contribution in [-0.4, -0.2) is 11.5 Å². The smallest absolute Gasteiger partial charge is 0.404 e. The number of halogens is 3. The summed E-state index contributed by atoms with van der Waals surface area (Å²) in [5.41, 5.74) is 7.44. The van der Waals surface area contributed by atoms with Crippen LogP contribution in [0.3, 0.4) is 0 Å². The van der Waals surface area contributed by atoms with Gasteiger partial charge in [-0.25, -0.2) is 0 Å². The summed E-state index contributed by atoms with van der Waals surface area (Å²) >= 11 is 0. The van der Waals surface area contributed by atoms with E-state index in [1.54, 1.807) is 13.8 Å². The number of nitrogens with zero attached hydrogens (tertiary/aromatic N) is 1. The largest absolute Gasteiger partial charge is 0.573 e. The highest BCUT2D eigenvalue weighted by molar-refractivity contribution is 5.73. The molecule has 0 aliphatic rings. The molecule has 0 spiro atoms. The lowest BCUT2D eigenvalue weighted by Crippen LogP contribution is -2.18. The minimum Gasteiger partial charge on any atom is -0.404 e. The van der Waals surface area contributed by atoms with Crippen LogP contribution in [0.1, 0.15) is 11.5 Å². The maximum atomic E-state index is 12.1. The average molecular weight is 272 g/mol. The molecule has 0 fully saturated rings. The zero-order valence-electron chi connectivity index (χ0n) is 10.2. The molecule has 2 aromatic rings. The van der Waals surface area contributed by atoms with Crippen molar-refractivity contribution in [3.8, 4) is 16.9 Å². The number of nitrogens with two attached hydrogens (primary N) is 1. The molecule has 1 heterocycles. The minimum absolute atomic E-state index is 0.102. The van der Waals surface area contributed by atoms with Gasteiger partial charge < -0.3 is 15.0 Å². The van der Waals surface area contributed by atoms with Crippen LogP contribution in [0.2, 0.25) is 0 Å². The van der Waals surface area contributed by atoms with Crippen molar-refractivity contribution in [2.75, 3.05) is 5.73 Å². The Morgan fingerprint density at radius 3 is 2.42 bits per heavy atom. The zero-order valence-corrected chi connectivity index (χ0v) is 10.2. The van der Waals surface area contributed by atoms with Gasteiger partial charge in [-0.15, -0.1) is 13.2 Å². The molecule has 0 bridgehead atoms. The third kappa shape index (κ3) is 2.81. The number of anilines is 1. The van der Waals surface area contributed by atoms with Gasteiger partial charge in [0.05, 0.1) is 11.4 Å². The highest BCUT2D eigenvalue weighted by atomic mass is 19.4. The van der Waals surface area contributed by atoms with Gasteiger partial charge in [-0.3, -0.25) is 0 Å². The molecule has 1 aromatic carbocycles. The number of aromatic nitrogens is 1. The average Bonchev–Trinajstić information content (AvgIpc) is 2.60. The maximum absolute atomic E-state index is 12.1. The second-order valence-corrected chi connectivity index (χ2v) is 4.00. The second kappa shape index (κ2) is 4.49. The summed E-state index contributed by atoms with van der Waals surface area (Å²) in [6, 6.07) is 4.04. The molecule has 1 aromatic heterocycles. The quantitative estimate of drug-likeness (QED) is 0.851. The summed E-state index contributed by atoms with van der Waals surface area (Å²) in [6.07, 6.45) is -4.77. The van der Waals surface area contributed by atoms with E-state index in [1.807, 2.05) is 0 Å². The molecular weight excluding hydrogens is 261 g/mol. The van der Waals surface area contributed by atoms with Crippen molar-refractivity contribution in [3.63, 3.8) is 0 Å². The Kier molecular flexibility index (Phi) is 3.13. The van der Waals surface area contributed by atoms with Crippen LogP contribution in [-0.2, 0) is 0 Å². The minimum atomic E-state index is -4.77. The number of hydrogen-bond donors (Lipinski definition) is 1. The number of alkyl halides is 3. The predicted octanol–water partition coefficient (Wildman–Crippen LogP) is 3.44. The fourth-order valence-corrected chi connectivity index (χ4v) is 1.82. The predicted molar refractivity (Wildman–Crippen MR) is 62.5 cm³/mol. The summed E-state index contributed by atoms with van der Waals surface area (Å²) in [4.78, 5) is 0. The van der Waals surface area contributed by atoms with Crippen LogP contribution in [0.25, 0.3) is 11.1 Å². The van der Waals surface area contributed by atoms with Gasteiger partial charge >= 0.3 is 6.36 Å². The van der Waals surface area contributed by atoms with E-state index in [4.69, 9.17) is 10.3 Å². The van der Waals surface area contributed by atoms with E-state index in [9.17, 15) is 13.2 Å². The van der Waals surface area contributed by atoms with Crippen molar-refractivity contribution in [2.45, 2.75) is 20.2 Å². The molecule has 0 saturated heterocycles. The van der Waals surface area contributed by atoms with Crippen LogP contribution in [0.5, 0.6) is 5.75 Å². The summed E-state index contributed by atoms with van der Waals surface area (Å²) in [6.45, 7) is 3.45. The summed E-state index contributed by atoms with van der Waals surface area (Å²) in [5, 5.41) is 3.78. The summed E-state index contributed by atoms with van der Waals surface area (Å²) in [7, 11) is 0. The number of nitrogen functional groups attached to an aromatic ring is 1. The van der Waals surface area contributed by atoms with E-state index in [-0.39, 0.29) is 5.69 Å². The standard InChI is InChI=1S/C12H11F3N2O2/c1-6-11(7(2)19-17-6)8-3-4-10(9(16)5-8)18-12(13,14)15/h3-5H,16H2,1-2H3. The van der Waals surface area contributed by atoms with E-state index < -0.39 is 12.1 Å². The topological polar surface area (TPSA) is 61.3 Å². The van der Waals surface area contributed by atoms with Crippen molar-refractivity contribution in [3.05, 3.63) is 29.7 Å². The van der Waals surface area contributed by atoms with Gasteiger partial charge in [0.25, 0.3) is 0 Å². The molecule has 0 amide bonds. The lowest BCUT2D eigenvalue weighted by atomic mass is 10.0. The van der Waals surface area contributed by atoms with E-state index in [0.717, 1.165) is 0 Å². The Bertz CT molecular complexity index is 586. The van der Waals surface area contributed by atoms with Gasteiger partial charge in [0, 0.05) is 5.56 Å². The maximum Gasteiger partial charge on any atom is 0.573 e. The van der Waals surface area contributed by atoms with Gasteiger partial charge in [-0.05, 0) is 31.5 Å². The molecule has 0 atom stereocenters. The van der Waals surface area contributed by atoms with Gasteiger partial charge in [0.15, 0.2) is 5.75 Å². The number of aryl methyl sites for hydroxylation is 2. The lowest BCUT2D eigenvalue weighted by molar-refractivity contribution is -0.274. The van der Waals surface area contributed by atoms with E-state index in [1.165, 1.54) is 18.2 Å². The highest BCUT2D eigenvalue weighted by Gasteiger charge is 2.32. The van der Waals surface area contributed by atoms with Crippen molar-refractivity contribution in [2.24, 2.45) is 0 Å². The van der Waals surface area contributed by atoms with Crippen molar-refractivity contribution < 1.29 is 22.4 Å². The third-order valence-corrected chi connectivity index (χ3v) is 2.56. The highest BCUT2D eigenvalue weighted by Crippen LogP contribution is 2.34. The summed E-state index contributed by atoms with van der Waals surface area (Å²) < 4.78 is 45.2. The molecule has 102 valence electrons. The van der Waals surface area contributed by atoms with Gasteiger partial charge in [0.1, 0.15) is 5.76 Å². The van der Waals surface area contributed by atoms with Gasteiger partial charge in [-0.1, -0.05) is 11.2 Å². The summed E-state index contributed by atoms with van der Waals surface area (Å²) in [5.74, 6) is 0.143. The fraction of sp³-hybridized carbons (Fsp3) is 0.250. The van der Waals surface area contributed by atoms with Crippen LogP contribution in [0.15, 0.2) is 22.7 Å². The van der Waals surface area contributed by atoms with Crippen molar-refractivity contribution in [1.29, 1.82) is 0 Å². The molecule has 7 heteroatoms. The molecular formula is C12H11F3N2O2. The second-order valence-electron chi connectivity index (χ2n) is 4.00. The Balaban J connectivity index is 2.40. The normalized spacial score (nSPS) is 11.6. The van der Waals surface area contributed by atoms with Crippen molar-refractivity contribution >= 4 is 5.69 Å². The lowest BCUT2D eigenvalue weighted by Gasteiger charge is -2.12. The Morgan fingerprint density at radius 2 is 1.95 bits per heavy atom. The number of benzene rings is 1. The van der Waals surface area contributed by atoms with E-state index in [2.05, 4.69) is 9.89 Å². The Labute approximate surface area is 106 Å². The molecule has 2 rings (SSSR count). The monoisotopic (exact) mass is 272 g/mol. The number of hydrogen-bond acceptors (Lipinski definition) is 4. The first-order valence-electron chi connectivity index (χ1n) is 5.36. The number of ether oxygens (including phenoxy) is 1. The SMILES string of the molecule is Cc1noc(C)c1-c1ccc(OC(F)(F)F)c(N)c1. The Hall–Kier alpha value is -2.18. The molecule has 0 aliphatic carbocycles. The van der Waals surface area contributed by atoms with Crippen molar-refractivity contribution in [1.82, 2.24) is 5.16 Å². The zero-order chi connectivity index (χ0) is 14.2. The molecule has 0 radical (unpaired) electrons. The first-order valence-corrected chi connectivity index (χ1v) is 5.36. The van der Waals surface area contributed by atoms with E-state index in [0.29, 0.717) is 22.6 Å². The first-order chi connectivity index (χ1) is 8.78. The van der Waals surface area contributed by atoms with Gasteiger partial charge in [-0.2, -0.15) is 0 Å². The van der Waals surface area contributed by atoms with Gasteiger partial charge in [0.2, 0.25) is 0 Å². The first kappa shape index (κ1) is 13.3. The van der Waals surface area contributed by atoms with Crippen LogP contribution < -0.4 is 10.5 Å². The van der Waals surface area contributed by atoms with Crippen LogP contribution in [0.4, 0.5) is 18.9 Å². The number of rotatable bonds is 2. The Morgan fingerprint density at radius 1 is 1.26 bits per heavy atom. The third-order valence-electron chi connectivity index (χ3n) is 2.56. The molecule has 0 saturated carbocycles. The van der Waals surface area contributed by atoms with E-state index >= 15 is 0 Å². The fourth-order valence-electron chi connectivity index (χ4n) is 1.82. The molecule has 4 nitrogen and oxygen atoms in total. The molecule has 19 heavy (non-hydrogen) atoms. The molecule has 0 aliphatic heterocycles. The van der Waals surface area contributed by atoms with Crippen LogP contribution >= 0.6 is 0 Å².